The first-order valence-corrected chi connectivity index (χ1v) is 16.5. The summed E-state index contributed by atoms with van der Waals surface area (Å²) in [4.78, 5) is 54.3. The van der Waals surface area contributed by atoms with E-state index in [0.29, 0.717) is 62.0 Å². The topological polar surface area (TPSA) is 114 Å². The maximum Gasteiger partial charge on any atom is 0.262 e. The Labute approximate surface area is 270 Å². The molecule has 1 aromatic carbocycles. The lowest BCUT2D eigenvalue weighted by atomic mass is 9.79. The number of fused-ring (bicyclic) bond motifs is 1. The molecule has 0 unspecified atom stereocenters. The Kier molecular flexibility index (Phi) is 8.04. The van der Waals surface area contributed by atoms with Crippen molar-refractivity contribution in [3.63, 3.8) is 0 Å². The number of aromatic nitrogens is 4. The molecule has 0 aliphatic carbocycles. The van der Waals surface area contributed by atoms with Crippen LogP contribution in [0.5, 0.6) is 0 Å². The van der Waals surface area contributed by atoms with Gasteiger partial charge >= 0.3 is 0 Å². The molecule has 6 heterocycles. The van der Waals surface area contributed by atoms with Crippen molar-refractivity contribution in [3.05, 3.63) is 106 Å². The van der Waals surface area contributed by atoms with Gasteiger partial charge in [0.05, 0.1) is 23.1 Å². The Morgan fingerprint density at radius 1 is 1.02 bits per heavy atom. The quantitative estimate of drug-likeness (QED) is 0.300. The Balaban J connectivity index is 1.06. The van der Waals surface area contributed by atoms with Crippen LogP contribution >= 0.6 is 11.3 Å². The van der Waals surface area contributed by atoms with Crippen LogP contribution in [-0.2, 0) is 18.4 Å². The molecule has 4 aromatic heterocycles. The van der Waals surface area contributed by atoms with E-state index in [2.05, 4.69) is 9.97 Å². The molecular formula is C35H36N6O4S. The highest BCUT2D eigenvalue weighted by Gasteiger charge is 2.42. The standard InChI is InChI=1S/C35H36N6O4S/c1-38-15-9-28-31(38)37-23-41(34(28)44)22-35(45)12-17-39(18-13-35)32(42)26-10-16-40(21-29(26)24-6-3-2-4-7-24)33(43)27-11-19-46-30(27)25-8-5-14-36-20-25/h2-9,11,14-15,19-20,23,26,29,45H,10,12-13,16-18,21-22H2,1H3/t26-,29+/m1/s1. The lowest BCUT2D eigenvalue weighted by Crippen LogP contribution is -2.53. The van der Waals surface area contributed by atoms with E-state index in [4.69, 9.17) is 0 Å². The molecular weight excluding hydrogens is 600 g/mol. The molecule has 2 aliphatic rings. The molecule has 11 heteroatoms. The van der Waals surface area contributed by atoms with Gasteiger partial charge in [-0.3, -0.25) is 23.9 Å². The third-order valence-corrected chi connectivity index (χ3v) is 10.5. The summed E-state index contributed by atoms with van der Waals surface area (Å²) in [5.74, 6) is -0.423. The predicted molar refractivity (Wildman–Crippen MR) is 176 cm³/mol. The number of carbonyl (C=O) groups excluding carboxylic acids is 2. The summed E-state index contributed by atoms with van der Waals surface area (Å²) in [5.41, 5.74) is 1.92. The van der Waals surface area contributed by atoms with E-state index in [1.54, 1.807) is 29.2 Å². The molecule has 5 aromatic rings. The summed E-state index contributed by atoms with van der Waals surface area (Å²) in [7, 11) is 1.84. The zero-order valence-corrected chi connectivity index (χ0v) is 26.5. The summed E-state index contributed by atoms with van der Waals surface area (Å²) < 4.78 is 3.27. The number of amides is 2. The minimum absolute atomic E-state index is 0.0339. The largest absolute Gasteiger partial charge is 0.388 e. The summed E-state index contributed by atoms with van der Waals surface area (Å²) >= 11 is 1.53. The highest BCUT2D eigenvalue weighted by molar-refractivity contribution is 7.14. The molecule has 10 nitrogen and oxygen atoms in total. The second-order valence-corrected chi connectivity index (χ2v) is 13.4. The first kappa shape index (κ1) is 30.1. The summed E-state index contributed by atoms with van der Waals surface area (Å²) in [6.45, 7) is 1.85. The van der Waals surface area contributed by atoms with Crippen molar-refractivity contribution >= 4 is 34.2 Å². The van der Waals surface area contributed by atoms with Crippen molar-refractivity contribution in [2.45, 2.75) is 37.3 Å². The summed E-state index contributed by atoms with van der Waals surface area (Å²) in [6, 6.07) is 17.4. The number of benzene rings is 1. The van der Waals surface area contributed by atoms with Crippen molar-refractivity contribution in [3.8, 4) is 10.4 Å². The number of nitrogens with zero attached hydrogens (tertiary/aromatic N) is 6. The van der Waals surface area contributed by atoms with Crippen molar-refractivity contribution in [1.29, 1.82) is 0 Å². The van der Waals surface area contributed by atoms with E-state index < -0.39 is 5.60 Å². The zero-order chi connectivity index (χ0) is 31.8. The lowest BCUT2D eigenvalue weighted by molar-refractivity contribution is -0.142. The average Bonchev–Trinajstić information content (AvgIpc) is 3.74. The number of rotatable bonds is 6. The summed E-state index contributed by atoms with van der Waals surface area (Å²) in [5, 5.41) is 13.9. The van der Waals surface area contributed by atoms with Crippen LogP contribution in [0.1, 0.15) is 41.1 Å². The van der Waals surface area contributed by atoms with Gasteiger partial charge in [-0.05, 0) is 48.4 Å². The molecule has 0 bridgehead atoms. The third-order valence-electron chi connectivity index (χ3n) is 9.59. The van der Waals surface area contributed by atoms with Gasteiger partial charge < -0.3 is 19.5 Å². The van der Waals surface area contributed by atoms with Crippen LogP contribution < -0.4 is 5.56 Å². The molecule has 0 spiro atoms. The number of carbonyl (C=O) groups is 2. The number of pyridine rings is 1. The molecule has 0 radical (unpaired) electrons. The minimum atomic E-state index is -1.12. The van der Waals surface area contributed by atoms with Gasteiger partial charge in [-0.25, -0.2) is 4.98 Å². The molecule has 2 atom stereocenters. The van der Waals surface area contributed by atoms with Crippen molar-refractivity contribution in [1.82, 2.24) is 28.9 Å². The maximum absolute atomic E-state index is 14.1. The van der Waals surface area contributed by atoms with Crippen LogP contribution in [0, 0.1) is 5.92 Å². The van der Waals surface area contributed by atoms with Crippen LogP contribution in [0.3, 0.4) is 0 Å². The Hall–Kier alpha value is -4.61. The number of piperidine rings is 2. The second kappa shape index (κ2) is 12.3. The van der Waals surface area contributed by atoms with Crippen LogP contribution in [0.2, 0.25) is 0 Å². The molecule has 2 saturated heterocycles. The zero-order valence-electron chi connectivity index (χ0n) is 25.7. The minimum Gasteiger partial charge on any atom is -0.388 e. The number of likely N-dealkylation sites (tertiary alicyclic amines) is 2. The Bertz CT molecular complexity index is 1930. The molecule has 7 rings (SSSR count). The average molecular weight is 637 g/mol. The van der Waals surface area contributed by atoms with Gasteiger partial charge in [0.2, 0.25) is 5.91 Å². The van der Waals surface area contributed by atoms with Gasteiger partial charge in [-0.2, -0.15) is 0 Å². The number of thiophene rings is 1. The fourth-order valence-electron chi connectivity index (χ4n) is 6.98. The molecule has 1 N–H and O–H groups in total. The fourth-order valence-corrected chi connectivity index (χ4v) is 7.86. The van der Waals surface area contributed by atoms with Gasteiger partial charge in [-0.15, -0.1) is 11.3 Å². The predicted octanol–water partition coefficient (Wildman–Crippen LogP) is 4.16. The van der Waals surface area contributed by atoms with E-state index in [1.165, 1.54) is 22.2 Å². The first-order valence-electron chi connectivity index (χ1n) is 15.6. The fraction of sp³-hybridized carbons (Fsp3) is 0.343. The van der Waals surface area contributed by atoms with Gasteiger partial charge in [-0.1, -0.05) is 36.4 Å². The van der Waals surface area contributed by atoms with Crippen molar-refractivity contribution < 1.29 is 14.7 Å². The normalized spacial score (nSPS) is 19.8. The van der Waals surface area contributed by atoms with Crippen LogP contribution in [0.4, 0.5) is 0 Å². The molecule has 0 saturated carbocycles. The van der Waals surface area contributed by atoms with Crippen LogP contribution in [0.25, 0.3) is 21.5 Å². The lowest BCUT2D eigenvalue weighted by Gasteiger charge is -2.43. The number of hydrogen-bond donors (Lipinski definition) is 1. The molecule has 2 fully saturated rings. The molecule has 2 aliphatic heterocycles. The molecule has 2 amide bonds. The van der Waals surface area contributed by atoms with Crippen molar-refractivity contribution in [2.75, 3.05) is 26.2 Å². The molecule has 236 valence electrons. The van der Waals surface area contributed by atoms with Crippen LogP contribution in [-0.4, -0.2) is 77.6 Å². The smallest absolute Gasteiger partial charge is 0.262 e. The number of hydrogen-bond acceptors (Lipinski definition) is 7. The number of aryl methyl sites for hydroxylation is 1. The second-order valence-electron chi connectivity index (χ2n) is 12.5. The maximum atomic E-state index is 14.1. The third kappa shape index (κ3) is 5.65. The van der Waals surface area contributed by atoms with Gasteiger partial charge in [0.25, 0.3) is 11.5 Å². The van der Waals surface area contributed by atoms with E-state index in [9.17, 15) is 19.5 Å². The number of aliphatic hydroxyl groups is 1. The van der Waals surface area contributed by atoms with E-state index in [-0.39, 0.29) is 35.8 Å². The highest BCUT2D eigenvalue weighted by Crippen LogP contribution is 2.37. The Morgan fingerprint density at radius 2 is 1.83 bits per heavy atom. The summed E-state index contributed by atoms with van der Waals surface area (Å²) in [6.07, 6.45) is 8.06. The van der Waals surface area contributed by atoms with E-state index in [0.717, 1.165) is 16.0 Å². The SMILES string of the molecule is Cn1ccc2c(=O)n(CC3(O)CCN(C(=O)[C@@H]4CCN(C(=O)c5ccsc5-c5cccnc5)C[C@H]4c4ccccc4)CC3)cnc21. The monoisotopic (exact) mass is 636 g/mol. The van der Waals surface area contributed by atoms with Crippen LogP contribution in [0.15, 0.2) is 89.7 Å². The first-order chi connectivity index (χ1) is 22.3. The molecule has 46 heavy (non-hydrogen) atoms. The van der Waals surface area contributed by atoms with Gasteiger partial charge in [0.15, 0.2) is 0 Å². The van der Waals surface area contributed by atoms with Crippen molar-refractivity contribution in [2.24, 2.45) is 13.0 Å². The van der Waals surface area contributed by atoms with Gasteiger partial charge in [0, 0.05) is 74.1 Å². The Morgan fingerprint density at radius 3 is 2.59 bits per heavy atom. The van der Waals surface area contributed by atoms with E-state index >= 15 is 0 Å². The van der Waals surface area contributed by atoms with Gasteiger partial charge in [0.1, 0.15) is 12.0 Å². The van der Waals surface area contributed by atoms with E-state index in [1.807, 2.05) is 70.8 Å². The highest BCUT2D eigenvalue weighted by atomic mass is 32.1.